The Morgan fingerprint density at radius 2 is 1.96 bits per heavy atom. The number of nitro benzene ring substituents is 1. The number of aliphatic imine (C=N–C) groups is 1. The van der Waals surface area contributed by atoms with E-state index in [9.17, 15) is 19.3 Å². The summed E-state index contributed by atoms with van der Waals surface area (Å²) in [4.78, 5) is 26.1. The number of nitro groups is 1. The zero-order chi connectivity index (χ0) is 18.7. The molecule has 2 aromatic rings. The fraction of sp³-hybridized carbons (Fsp3) is 0. The standard InChI is InChI=1S/C18H10ClFN2O4/c19-14-5-2-6-15(20)13(14)10-16-18(23)26-17(21-16)8-7-11-3-1-4-12(9-11)22(24)25/h1-10H. The zero-order valence-corrected chi connectivity index (χ0v) is 13.8. The van der Waals surface area contributed by atoms with Crippen molar-refractivity contribution in [2.24, 2.45) is 4.99 Å². The number of hydrogen-bond acceptors (Lipinski definition) is 5. The van der Waals surface area contributed by atoms with Gasteiger partial charge in [0.25, 0.3) is 5.69 Å². The van der Waals surface area contributed by atoms with Crippen LogP contribution in [-0.4, -0.2) is 16.8 Å². The highest BCUT2D eigenvalue weighted by Gasteiger charge is 2.22. The molecule has 0 unspecified atom stereocenters. The predicted molar refractivity (Wildman–Crippen MR) is 95.0 cm³/mol. The van der Waals surface area contributed by atoms with Gasteiger partial charge in [-0.05, 0) is 29.8 Å². The van der Waals surface area contributed by atoms with Crippen molar-refractivity contribution in [3.63, 3.8) is 0 Å². The number of non-ortho nitro benzene ring substituents is 1. The van der Waals surface area contributed by atoms with E-state index in [2.05, 4.69) is 4.99 Å². The molecule has 0 spiro atoms. The third-order valence-corrected chi connectivity index (χ3v) is 3.75. The van der Waals surface area contributed by atoms with Crippen LogP contribution in [0.2, 0.25) is 5.02 Å². The molecule has 1 heterocycles. The van der Waals surface area contributed by atoms with Crippen molar-refractivity contribution < 1.29 is 18.8 Å². The minimum absolute atomic E-state index is 0.0137. The Bertz CT molecular complexity index is 978. The van der Waals surface area contributed by atoms with E-state index in [1.807, 2.05) is 0 Å². The van der Waals surface area contributed by atoms with Gasteiger partial charge in [0.2, 0.25) is 5.90 Å². The summed E-state index contributed by atoms with van der Waals surface area (Å²) in [7, 11) is 0. The predicted octanol–water partition coefficient (Wildman–Crippen LogP) is 4.40. The molecule has 0 saturated carbocycles. The lowest BCUT2D eigenvalue weighted by molar-refractivity contribution is -0.384. The molecule has 130 valence electrons. The van der Waals surface area contributed by atoms with Crippen LogP contribution in [0, 0.1) is 15.9 Å². The van der Waals surface area contributed by atoms with E-state index in [1.165, 1.54) is 54.6 Å². The first-order chi connectivity index (χ1) is 12.4. The smallest absolute Gasteiger partial charge is 0.363 e. The molecule has 26 heavy (non-hydrogen) atoms. The Kier molecular flexibility index (Phi) is 4.90. The second kappa shape index (κ2) is 7.28. The molecule has 0 bridgehead atoms. The van der Waals surface area contributed by atoms with Crippen molar-refractivity contribution in [3.05, 3.63) is 86.3 Å². The molecule has 0 aliphatic carbocycles. The summed E-state index contributed by atoms with van der Waals surface area (Å²) in [6, 6.07) is 10.1. The number of benzene rings is 2. The Balaban J connectivity index is 1.85. The van der Waals surface area contributed by atoms with Crippen molar-refractivity contribution in [1.82, 2.24) is 0 Å². The van der Waals surface area contributed by atoms with Crippen molar-refractivity contribution >= 4 is 41.3 Å². The van der Waals surface area contributed by atoms with Crippen LogP contribution in [0.15, 0.2) is 59.2 Å². The highest BCUT2D eigenvalue weighted by Crippen LogP contribution is 2.24. The highest BCUT2D eigenvalue weighted by molar-refractivity contribution is 6.32. The summed E-state index contributed by atoms with van der Waals surface area (Å²) in [6.07, 6.45) is 4.10. The lowest BCUT2D eigenvalue weighted by Gasteiger charge is -1.99. The Morgan fingerprint density at radius 1 is 1.19 bits per heavy atom. The largest absolute Gasteiger partial charge is 0.403 e. The van der Waals surface area contributed by atoms with Crippen molar-refractivity contribution in [3.8, 4) is 0 Å². The molecule has 0 amide bonds. The topological polar surface area (TPSA) is 81.8 Å². The van der Waals surface area contributed by atoms with Crippen molar-refractivity contribution in [1.29, 1.82) is 0 Å². The first-order valence-corrected chi connectivity index (χ1v) is 7.71. The minimum atomic E-state index is -0.747. The lowest BCUT2D eigenvalue weighted by Crippen LogP contribution is -2.01. The molecule has 0 fully saturated rings. The average Bonchev–Trinajstić information content (AvgIpc) is 2.96. The van der Waals surface area contributed by atoms with E-state index < -0.39 is 16.7 Å². The van der Waals surface area contributed by atoms with Crippen LogP contribution in [0.3, 0.4) is 0 Å². The molecule has 3 rings (SSSR count). The van der Waals surface area contributed by atoms with E-state index in [1.54, 1.807) is 6.07 Å². The number of nitrogens with zero attached hydrogens (tertiary/aromatic N) is 2. The SMILES string of the molecule is O=C1OC(C=Cc2cccc([N+](=O)[O-])c2)=NC1=Cc1c(F)cccc1Cl. The van der Waals surface area contributed by atoms with E-state index >= 15 is 0 Å². The number of esters is 1. The van der Waals surface area contributed by atoms with Gasteiger partial charge in [-0.15, -0.1) is 0 Å². The average molecular weight is 373 g/mol. The summed E-state index contributed by atoms with van der Waals surface area (Å²) in [5.41, 5.74) is 0.407. The molecular weight excluding hydrogens is 363 g/mol. The van der Waals surface area contributed by atoms with E-state index in [4.69, 9.17) is 16.3 Å². The maximum Gasteiger partial charge on any atom is 0.363 e. The highest BCUT2D eigenvalue weighted by atomic mass is 35.5. The molecule has 0 saturated heterocycles. The van der Waals surface area contributed by atoms with Gasteiger partial charge in [-0.1, -0.05) is 29.8 Å². The summed E-state index contributed by atoms with van der Waals surface area (Å²) in [6.45, 7) is 0. The second-order valence-electron chi connectivity index (χ2n) is 5.19. The zero-order valence-electron chi connectivity index (χ0n) is 13.1. The number of hydrogen-bond donors (Lipinski definition) is 0. The molecule has 0 atom stereocenters. The fourth-order valence-electron chi connectivity index (χ4n) is 2.19. The number of carbonyl (C=O) groups is 1. The van der Waals surface area contributed by atoms with Crippen LogP contribution in [0.25, 0.3) is 12.2 Å². The van der Waals surface area contributed by atoms with Gasteiger partial charge in [0, 0.05) is 23.8 Å². The molecule has 0 aromatic heterocycles. The van der Waals surface area contributed by atoms with Crippen molar-refractivity contribution in [2.45, 2.75) is 0 Å². The Labute approximate surface area is 152 Å². The summed E-state index contributed by atoms with van der Waals surface area (Å²) >= 11 is 5.92. The van der Waals surface area contributed by atoms with E-state index in [0.29, 0.717) is 5.56 Å². The third-order valence-electron chi connectivity index (χ3n) is 3.42. The van der Waals surface area contributed by atoms with Gasteiger partial charge in [0.05, 0.1) is 9.95 Å². The third kappa shape index (κ3) is 3.84. The first kappa shape index (κ1) is 17.5. The summed E-state index contributed by atoms with van der Waals surface area (Å²) in [5, 5.41) is 10.9. The number of cyclic esters (lactones) is 1. The number of carbonyl (C=O) groups excluding carboxylic acids is 1. The van der Waals surface area contributed by atoms with Crippen LogP contribution in [0.5, 0.6) is 0 Å². The molecule has 8 heteroatoms. The Hall–Kier alpha value is -3.32. The number of rotatable bonds is 4. The van der Waals surface area contributed by atoms with E-state index in [-0.39, 0.29) is 27.9 Å². The van der Waals surface area contributed by atoms with Gasteiger partial charge < -0.3 is 4.74 Å². The van der Waals surface area contributed by atoms with Gasteiger partial charge in [-0.25, -0.2) is 14.2 Å². The molecule has 2 aromatic carbocycles. The van der Waals surface area contributed by atoms with Crippen LogP contribution >= 0.6 is 11.6 Å². The van der Waals surface area contributed by atoms with Crippen LogP contribution in [-0.2, 0) is 9.53 Å². The van der Waals surface area contributed by atoms with Gasteiger partial charge in [-0.2, -0.15) is 0 Å². The molecular formula is C18H10ClFN2O4. The van der Waals surface area contributed by atoms with Crippen LogP contribution in [0.1, 0.15) is 11.1 Å². The monoisotopic (exact) mass is 372 g/mol. The quantitative estimate of drug-likeness (QED) is 0.345. The second-order valence-corrected chi connectivity index (χ2v) is 5.60. The van der Waals surface area contributed by atoms with Gasteiger partial charge in [-0.3, -0.25) is 10.1 Å². The van der Waals surface area contributed by atoms with Gasteiger partial charge >= 0.3 is 5.97 Å². The maximum absolute atomic E-state index is 13.8. The van der Waals surface area contributed by atoms with Crippen LogP contribution in [0.4, 0.5) is 10.1 Å². The molecule has 1 aliphatic heterocycles. The Morgan fingerprint density at radius 3 is 2.69 bits per heavy atom. The fourth-order valence-corrected chi connectivity index (χ4v) is 2.41. The van der Waals surface area contributed by atoms with E-state index in [0.717, 1.165) is 0 Å². The first-order valence-electron chi connectivity index (χ1n) is 7.33. The molecule has 1 aliphatic rings. The molecule has 0 N–H and O–H groups in total. The number of ether oxygens (including phenoxy) is 1. The minimum Gasteiger partial charge on any atom is -0.403 e. The normalized spacial score (nSPS) is 15.4. The summed E-state index contributed by atoms with van der Waals surface area (Å²) < 4.78 is 18.8. The van der Waals surface area contributed by atoms with Gasteiger partial charge in [0.1, 0.15) is 5.82 Å². The molecule has 6 nitrogen and oxygen atoms in total. The molecule has 0 radical (unpaired) electrons. The maximum atomic E-state index is 13.8. The van der Waals surface area contributed by atoms with Crippen LogP contribution < -0.4 is 0 Å². The van der Waals surface area contributed by atoms with Gasteiger partial charge in [0.15, 0.2) is 5.70 Å². The number of halogens is 2. The lowest BCUT2D eigenvalue weighted by atomic mass is 10.2. The summed E-state index contributed by atoms with van der Waals surface area (Å²) in [5.74, 6) is -1.35. The van der Waals surface area contributed by atoms with Crippen molar-refractivity contribution in [2.75, 3.05) is 0 Å².